The number of hydrogen-bond acceptors (Lipinski definition) is 4. The smallest absolute Gasteiger partial charge is 0.260 e. The molecular formula is C12H18N6O. The Kier molecular flexibility index (Phi) is 3.66. The van der Waals surface area contributed by atoms with Crippen molar-refractivity contribution in [3.05, 3.63) is 29.2 Å². The molecule has 2 aromatic rings. The van der Waals surface area contributed by atoms with E-state index in [1.165, 1.54) is 0 Å². The second kappa shape index (κ2) is 5.23. The van der Waals surface area contributed by atoms with E-state index in [4.69, 9.17) is 0 Å². The summed E-state index contributed by atoms with van der Waals surface area (Å²) in [6, 6.07) is 1.82. The van der Waals surface area contributed by atoms with Gasteiger partial charge in [-0.25, -0.2) is 0 Å². The molecule has 1 amide bonds. The Labute approximate surface area is 111 Å². The predicted octanol–water partition coefficient (Wildman–Crippen LogP) is 0.766. The van der Waals surface area contributed by atoms with Crippen LogP contribution in [0.2, 0.25) is 0 Å². The summed E-state index contributed by atoms with van der Waals surface area (Å²) in [7, 11) is 5.73. The summed E-state index contributed by atoms with van der Waals surface area (Å²) in [6.45, 7) is 2.55. The average molecular weight is 262 g/mol. The number of carbonyl (C=O) groups excluding carboxylic acids is 1. The van der Waals surface area contributed by atoms with Crippen molar-refractivity contribution in [2.45, 2.75) is 13.5 Å². The fourth-order valence-corrected chi connectivity index (χ4v) is 1.85. The minimum Gasteiger partial charge on any atom is -0.305 e. The van der Waals surface area contributed by atoms with Gasteiger partial charge in [-0.1, -0.05) is 0 Å². The van der Waals surface area contributed by atoms with Crippen LogP contribution in [0.5, 0.6) is 0 Å². The van der Waals surface area contributed by atoms with Gasteiger partial charge in [0.25, 0.3) is 5.91 Å². The highest BCUT2D eigenvalue weighted by Gasteiger charge is 2.14. The van der Waals surface area contributed by atoms with Crippen molar-refractivity contribution < 1.29 is 4.79 Å². The normalized spacial score (nSPS) is 11.0. The lowest BCUT2D eigenvalue weighted by molar-refractivity contribution is 0.102. The molecule has 7 heteroatoms. The summed E-state index contributed by atoms with van der Waals surface area (Å²) in [5.41, 5.74) is 2.20. The number of H-pyrrole nitrogens is 1. The Bertz CT molecular complexity index is 583. The molecule has 0 saturated carbocycles. The third-order valence-electron chi connectivity index (χ3n) is 2.62. The predicted molar refractivity (Wildman–Crippen MR) is 71.9 cm³/mol. The van der Waals surface area contributed by atoms with Crippen LogP contribution in [0.15, 0.2) is 12.3 Å². The minimum atomic E-state index is -0.200. The lowest BCUT2D eigenvalue weighted by atomic mass is 10.2. The van der Waals surface area contributed by atoms with Gasteiger partial charge in [0.05, 0.1) is 17.0 Å². The molecule has 0 atom stereocenters. The molecule has 0 fully saturated rings. The number of nitrogens with one attached hydrogen (secondary N) is 2. The van der Waals surface area contributed by atoms with Gasteiger partial charge in [-0.2, -0.15) is 10.2 Å². The highest BCUT2D eigenvalue weighted by Crippen LogP contribution is 2.11. The maximum atomic E-state index is 12.1. The summed E-state index contributed by atoms with van der Waals surface area (Å²) >= 11 is 0. The van der Waals surface area contributed by atoms with Crippen molar-refractivity contribution in [1.29, 1.82) is 0 Å². The molecule has 0 bridgehead atoms. The van der Waals surface area contributed by atoms with Crippen LogP contribution in [0.1, 0.15) is 21.7 Å². The molecule has 0 unspecified atom stereocenters. The molecule has 7 nitrogen and oxygen atoms in total. The van der Waals surface area contributed by atoms with E-state index in [0.717, 1.165) is 12.2 Å². The lowest BCUT2D eigenvalue weighted by Gasteiger charge is -2.05. The Hall–Kier alpha value is -2.15. The van der Waals surface area contributed by atoms with Crippen LogP contribution < -0.4 is 5.32 Å². The largest absolute Gasteiger partial charge is 0.305 e. The third kappa shape index (κ3) is 3.19. The third-order valence-corrected chi connectivity index (χ3v) is 2.62. The molecule has 2 aromatic heterocycles. The number of aromatic nitrogens is 4. The van der Waals surface area contributed by atoms with Crippen LogP contribution in [0.25, 0.3) is 0 Å². The lowest BCUT2D eigenvalue weighted by Crippen LogP contribution is -2.12. The van der Waals surface area contributed by atoms with E-state index >= 15 is 0 Å². The van der Waals surface area contributed by atoms with Crippen LogP contribution in [-0.4, -0.2) is 44.9 Å². The molecule has 19 heavy (non-hydrogen) atoms. The standard InChI is InChI=1S/C12H18N6O/c1-8-10(7-18(4)16-8)12(19)13-11-5-9(14-15-11)6-17(2)3/h5,7H,6H2,1-4H3,(H2,13,14,15,19). The van der Waals surface area contributed by atoms with Crippen LogP contribution in [0.3, 0.4) is 0 Å². The summed E-state index contributed by atoms with van der Waals surface area (Å²) in [6.07, 6.45) is 1.69. The van der Waals surface area contributed by atoms with Crippen molar-refractivity contribution >= 4 is 11.7 Å². The first-order valence-corrected chi connectivity index (χ1v) is 5.96. The molecule has 0 saturated heterocycles. The Balaban J connectivity index is 2.07. The molecule has 2 N–H and O–H groups in total. The zero-order valence-electron chi connectivity index (χ0n) is 11.6. The highest BCUT2D eigenvalue weighted by molar-refractivity contribution is 6.04. The van der Waals surface area contributed by atoms with Gasteiger partial charge < -0.3 is 10.2 Å². The zero-order chi connectivity index (χ0) is 14.0. The summed E-state index contributed by atoms with van der Waals surface area (Å²) in [4.78, 5) is 14.1. The molecule has 2 heterocycles. The van der Waals surface area contributed by atoms with E-state index in [1.807, 2.05) is 25.1 Å². The number of anilines is 1. The van der Waals surface area contributed by atoms with Crippen LogP contribution in [0.4, 0.5) is 5.82 Å². The quantitative estimate of drug-likeness (QED) is 0.853. The number of aryl methyl sites for hydroxylation is 2. The van der Waals surface area contributed by atoms with Gasteiger partial charge >= 0.3 is 0 Å². The molecule has 0 spiro atoms. The maximum Gasteiger partial charge on any atom is 0.260 e. The molecule has 2 rings (SSSR count). The number of rotatable bonds is 4. The molecule has 0 aliphatic rings. The summed E-state index contributed by atoms with van der Waals surface area (Å²) in [5.74, 6) is 0.318. The van der Waals surface area contributed by atoms with E-state index in [1.54, 1.807) is 24.9 Å². The Morgan fingerprint density at radius 3 is 2.84 bits per heavy atom. The van der Waals surface area contributed by atoms with Crippen LogP contribution in [0, 0.1) is 6.92 Å². The van der Waals surface area contributed by atoms with E-state index in [0.29, 0.717) is 17.1 Å². The zero-order valence-corrected chi connectivity index (χ0v) is 11.6. The van der Waals surface area contributed by atoms with E-state index in [-0.39, 0.29) is 5.91 Å². The second-order valence-electron chi connectivity index (χ2n) is 4.77. The number of aromatic amines is 1. The first kappa shape index (κ1) is 13.3. The van der Waals surface area contributed by atoms with E-state index in [9.17, 15) is 4.79 Å². The summed E-state index contributed by atoms with van der Waals surface area (Å²) < 4.78 is 1.62. The van der Waals surface area contributed by atoms with Gasteiger partial charge in [-0.3, -0.25) is 14.6 Å². The van der Waals surface area contributed by atoms with Gasteiger partial charge in [0, 0.05) is 25.9 Å². The molecule has 0 aliphatic heterocycles. The molecule has 0 aromatic carbocycles. The Morgan fingerprint density at radius 1 is 1.53 bits per heavy atom. The summed E-state index contributed by atoms with van der Waals surface area (Å²) in [5, 5.41) is 13.8. The van der Waals surface area contributed by atoms with Gasteiger partial charge in [0.1, 0.15) is 0 Å². The fourth-order valence-electron chi connectivity index (χ4n) is 1.85. The van der Waals surface area contributed by atoms with Crippen molar-refractivity contribution in [2.75, 3.05) is 19.4 Å². The number of amides is 1. The van der Waals surface area contributed by atoms with Crippen molar-refractivity contribution in [1.82, 2.24) is 24.9 Å². The topological polar surface area (TPSA) is 78.8 Å². The van der Waals surface area contributed by atoms with Crippen molar-refractivity contribution in [3.63, 3.8) is 0 Å². The van der Waals surface area contributed by atoms with E-state index in [2.05, 4.69) is 20.6 Å². The van der Waals surface area contributed by atoms with Gasteiger partial charge in [-0.05, 0) is 21.0 Å². The number of hydrogen-bond donors (Lipinski definition) is 2. The highest BCUT2D eigenvalue weighted by atomic mass is 16.1. The minimum absolute atomic E-state index is 0.200. The molecule has 0 aliphatic carbocycles. The molecular weight excluding hydrogens is 244 g/mol. The SMILES string of the molecule is Cc1nn(C)cc1C(=O)Nc1cc(CN(C)C)[nH]n1. The monoisotopic (exact) mass is 262 g/mol. The first-order chi connectivity index (χ1) is 8.95. The van der Waals surface area contributed by atoms with Gasteiger partial charge in [0.15, 0.2) is 5.82 Å². The average Bonchev–Trinajstić information content (AvgIpc) is 2.84. The number of carbonyl (C=O) groups is 1. The maximum absolute atomic E-state index is 12.1. The van der Waals surface area contributed by atoms with Gasteiger partial charge in [-0.15, -0.1) is 0 Å². The molecule has 0 radical (unpaired) electrons. The van der Waals surface area contributed by atoms with Crippen molar-refractivity contribution in [3.8, 4) is 0 Å². The Morgan fingerprint density at radius 2 is 2.26 bits per heavy atom. The van der Waals surface area contributed by atoms with Gasteiger partial charge in [0.2, 0.25) is 0 Å². The second-order valence-corrected chi connectivity index (χ2v) is 4.77. The van der Waals surface area contributed by atoms with Crippen LogP contribution >= 0.6 is 0 Å². The van der Waals surface area contributed by atoms with Crippen LogP contribution in [-0.2, 0) is 13.6 Å². The first-order valence-electron chi connectivity index (χ1n) is 5.96. The van der Waals surface area contributed by atoms with Crippen molar-refractivity contribution in [2.24, 2.45) is 7.05 Å². The fraction of sp³-hybridized carbons (Fsp3) is 0.417. The number of nitrogens with zero attached hydrogens (tertiary/aromatic N) is 4. The molecule has 102 valence electrons. The van der Waals surface area contributed by atoms with E-state index < -0.39 is 0 Å².